The molecule has 0 bridgehead atoms. The maximum atomic E-state index is 11.8. The Morgan fingerprint density at radius 2 is 1.25 bits per heavy atom. The third-order valence-electron chi connectivity index (χ3n) is 5.17. The largest absolute Gasteiger partial charge is 0.426 e. The molecule has 1 aliphatic rings. The summed E-state index contributed by atoms with van der Waals surface area (Å²) in [7, 11) is 0. The van der Waals surface area contributed by atoms with Gasteiger partial charge >= 0.3 is 5.97 Å². The molecular formula is C24H39NO3. The van der Waals surface area contributed by atoms with E-state index in [1.165, 1.54) is 102 Å². The summed E-state index contributed by atoms with van der Waals surface area (Å²) in [5.74, 6) is -0.356. The summed E-state index contributed by atoms with van der Waals surface area (Å²) in [5.41, 5.74) is -0.141. The van der Waals surface area contributed by atoms with Crippen LogP contribution in [0, 0.1) is 5.41 Å². The van der Waals surface area contributed by atoms with Gasteiger partial charge in [-0.2, -0.15) is 0 Å². The summed E-state index contributed by atoms with van der Waals surface area (Å²) in [6, 6.07) is 0. The quantitative estimate of drug-likeness (QED) is 0.168. The van der Waals surface area contributed by atoms with E-state index in [9.17, 15) is 9.59 Å². The van der Waals surface area contributed by atoms with Gasteiger partial charge in [0.1, 0.15) is 11.5 Å². The fourth-order valence-corrected chi connectivity index (χ4v) is 3.40. The van der Waals surface area contributed by atoms with Gasteiger partial charge in [-0.3, -0.25) is 15.0 Å². The Labute approximate surface area is 171 Å². The van der Waals surface area contributed by atoms with Gasteiger partial charge in [0.05, 0.1) is 0 Å². The van der Waals surface area contributed by atoms with E-state index in [2.05, 4.69) is 6.92 Å². The summed E-state index contributed by atoms with van der Waals surface area (Å²) in [6.45, 7) is 2.26. The van der Waals surface area contributed by atoms with Crippen molar-refractivity contribution in [2.45, 2.75) is 110 Å². The number of ketones is 1. The Kier molecular flexibility index (Phi) is 14.1. The van der Waals surface area contributed by atoms with Crippen molar-refractivity contribution in [3.05, 3.63) is 24.0 Å². The first-order valence-corrected chi connectivity index (χ1v) is 11.4. The lowest BCUT2D eigenvalue weighted by molar-refractivity contribution is -0.139. The number of hydrogen-bond acceptors (Lipinski definition) is 4. The van der Waals surface area contributed by atoms with Gasteiger partial charge in [0, 0.05) is 12.5 Å². The highest BCUT2D eigenvalue weighted by Gasteiger charge is 2.13. The topological polar surface area (TPSA) is 67.2 Å². The summed E-state index contributed by atoms with van der Waals surface area (Å²) < 4.78 is 5.17. The molecular weight excluding hydrogens is 350 g/mol. The van der Waals surface area contributed by atoms with Crippen molar-refractivity contribution < 1.29 is 14.3 Å². The van der Waals surface area contributed by atoms with Crippen LogP contribution in [0.4, 0.5) is 0 Å². The molecule has 0 amide bonds. The van der Waals surface area contributed by atoms with Gasteiger partial charge in [0.15, 0.2) is 0 Å². The summed E-state index contributed by atoms with van der Waals surface area (Å²) in [4.78, 5) is 22.9. The van der Waals surface area contributed by atoms with E-state index in [0.29, 0.717) is 6.42 Å². The normalized spacial score (nSPS) is 13.7. The van der Waals surface area contributed by atoms with Crippen molar-refractivity contribution in [1.82, 2.24) is 0 Å². The van der Waals surface area contributed by atoms with Crippen molar-refractivity contribution >= 4 is 17.5 Å². The molecule has 28 heavy (non-hydrogen) atoms. The zero-order chi connectivity index (χ0) is 20.5. The molecule has 0 aromatic heterocycles. The fraction of sp³-hybridized carbons (Fsp3) is 0.708. The van der Waals surface area contributed by atoms with Crippen LogP contribution in [-0.2, 0) is 14.3 Å². The number of esters is 1. The molecule has 0 radical (unpaired) electrons. The highest BCUT2D eigenvalue weighted by atomic mass is 16.5. The number of unbranched alkanes of at least 4 members (excludes halogenated alkanes) is 14. The molecule has 0 fully saturated rings. The first kappa shape index (κ1) is 24.3. The Morgan fingerprint density at radius 1 is 0.786 bits per heavy atom. The summed E-state index contributed by atoms with van der Waals surface area (Å²) >= 11 is 0. The smallest absolute Gasteiger partial charge is 0.311 e. The molecule has 0 saturated carbocycles. The van der Waals surface area contributed by atoms with Crippen molar-refractivity contribution in [3.8, 4) is 0 Å². The number of nitrogens with one attached hydrogen (secondary N) is 1. The third-order valence-corrected chi connectivity index (χ3v) is 5.17. The number of carbonyl (C=O) groups excluding carboxylic acids is 2. The number of carbonyl (C=O) groups is 2. The predicted octanol–water partition coefficient (Wildman–Crippen LogP) is 6.83. The molecule has 0 aromatic rings. The fourth-order valence-electron chi connectivity index (χ4n) is 3.40. The lowest BCUT2D eigenvalue weighted by atomic mass is 10.0. The standard InChI is InChI=1S/C24H39NO3/c1-2-3-4-5-6-7-8-9-10-11-12-13-14-15-16-17-24(27)28-21-18-19-23(26)22(25)20-21/h18-20,25H,2-17H2,1H3. The van der Waals surface area contributed by atoms with E-state index in [1.807, 2.05) is 0 Å². The van der Waals surface area contributed by atoms with E-state index in [-0.39, 0.29) is 23.2 Å². The van der Waals surface area contributed by atoms with Gasteiger partial charge in [0.25, 0.3) is 0 Å². The average molecular weight is 390 g/mol. The van der Waals surface area contributed by atoms with E-state index >= 15 is 0 Å². The minimum Gasteiger partial charge on any atom is -0.426 e. The maximum absolute atomic E-state index is 11.8. The van der Waals surface area contributed by atoms with Crippen LogP contribution >= 0.6 is 0 Å². The first-order valence-electron chi connectivity index (χ1n) is 11.4. The predicted molar refractivity (Wildman–Crippen MR) is 116 cm³/mol. The van der Waals surface area contributed by atoms with E-state index in [4.69, 9.17) is 10.1 Å². The van der Waals surface area contributed by atoms with Gasteiger partial charge in [-0.15, -0.1) is 0 Å². The monoisotopic (exact) mass is 389 g/mol. The summed E-state index contributed by atoms with van der Waals surface area (Å²) in [6.07, 6.45) is 23.9. The molecule has 0 heterocycles. The molecule has 0 atom stereocenters. The van der Waals surface area contributed by atoms with Crippen LogP contribution < -0.4 is 0 Å². The van der Waals surface area contributed by atoms with Crippen LogP contribution in [0.1, 0.15) is 110 Å². The second-order valence-electron chi connectivity index (χ2n) is 7.83. The summed E-state index contributed by atoms with van der Waals surface area (Å²) in [5, 5.41) is 7.43. The lowest BCUT2D eigenvalue weighted by Crippen LogP contribution is -2.13. The lowest BCUT2D eigenvalue weighted by Gasteiger charge is -2.08. The van der Waals surface area contributed by atoms with Crippen LogP contribution in [-0.4, -0.2) is 17.5 Å². The second-order valence-corrected chi connectivity index (χ2v) is 7.83. The van der Waals surface area contributed by atoms with Gasteiger partial charge in [-0.1, -0.05) is 96.8 Å². The Balaban J connectivity index is 1.85. The number of hydrogen-bond donors (Lipinski definition) is 1. The highest BCUT2D eigenvalue weighted by Crippen LogP contribution is 2.14. The molecule has 1 rings (SSSR count). The molecule has 1 N–H and O–H groups in total. The SMILES string of the molecule is CCCCCCCCCCCCCCCCCC(=O)OC1=CC(=N)C(=O)C=C1. The second kappa shape index (κ2) is 16.3. The molecule has 158 valence electrons. The molecule has 0 unspecified atom stereocenters. The average Bonchev–Trinajstić information content (AvgIpc) is 2.68. The molecule has 0 aliphatic heterocycles. The van der Waals surface area contributed by atoms with E-state index < -0.39 is 0 Å². The van der Waals surface area contributed by atoms with E-state index in [0.717, 1.165) is 12.8 Å². The van der Waals surface area contributed by atoms with Crippen molar-refractivity contribution in [2.75, 3.05) is 0 Å². The Hall–Kier alpha value is -1.71. The Bertz CT molecular complexity index is 534. The number of rotatable bonds is 17. The van der Waals surface area contributed by atoms with Crippen LogP contribution in [0.5, 0.6) is 0 Å². The molecule has 0 saturated heterocycles. The van der Waals surface area contributed by atoms with Gasteiger partial charge in [-0.25, -0.2) is 0 Å². The third kappa shape index (κ3) is 12.6. The molecule has 4 nitrogen and oxygen atoms in total. The van der Waals surface area contributed by atoms with E-state index in [1.54, 1.807) is 0 Å². The Morgan fingerprint density at radius 3 is 1.71 bits per heavy atom. The zero-order valence-electron chi connectivity index (χ0n) is 17.8. The number of allylic oxidation sites excluding steroid dienone is 3. The van der Waals surface area contributed by atoms with Gasteiger partial charge in [0.2, 0.25) is 5.78 Å². The van der Waals surface area contributed by atoms with Crippen LogP contribution in [0.2, 0.25) is 0 Å². The van der Waals surface area contributed by atoms with Crippen molar-refractivity contribution in [2.24, 2.45) is 0 Å². The highest BCUT2D eigenvalue weighted by molar-refractivity contribution is 6.47. The molecule has 4 heteroatoms. The van der Waals surface area contributed by atoms with Gasteiger partial charge < -0.3 is 4.74 Å². The van der Waals surface area contributed by atoms with Gasteiger partial charge in [-0.05, 0) is 18.6 Å². The van der Waals surface area contributed by atoms with Crippen LogP contribution in [0.15, 0.2) is 24.0 Å². The first-order chi connectivity index (χ1) is 13.6. The minimum atomic E-state index is -0.359. The number of ether oxygens (including phenoxy) is 1. The minimum absolute atomic E-state index is 0.141. The molecule has 0 spiro atoms. The molecule has 1 aliphatic carbocycles. The van der Waals surface area contributed by atoms with Crippen LogP contribution in [0.25, 0.3) is 0 Å². The van der Waals surface area contributed by atoms with Crippen molar-refractivity contribution in [3.63, 3.8) is 0 Å². The zero-order valence-corrected chi connectivity index (χ0v) is 17.8. The molecule has 0 aromatic carbocycles. The maximum Gasteiger partial charge on any atom is 0.311 e. The van der Waals surface area contributed by atoms with Crippen molar-refractivity contribution in [1.29, 1.82) is 5.41 Å². The van der Waals surface area contributed by atoms with Crippen LogP contribution in [0.3, 0.4) is 0 Å².